The summed E-state index contributed by atoms with van der Waals surface area (Å²) in [6.45, 7) is 0. The van der Waals surface area contributed by atoms with E-state index in [1.54, 1.807) is 18.2 Å². The molecule has 2 N–H and O–H groups in total. The fourth-order valence-corrected chi connectivity index (χ4v) is 4.83. The van der Waals surface area contributed by atoms with Gasteiger partial charge in [-0.1, -0.05) is 18.2 Å². The van der Waals surface area contributed by atoms with Crippen LogP contribution in [0.25, 0.3) is 0 Å². The molecule has 0 bridgehead atoms. The van der Waals surface area contributed by atoms with E-state index in [1.165, 1.54) is 12.1 Å². The van der Waals surface area contributed by atoms with Crippen molar-refractivity contribution in [3.8, 4) is 5.75 Å². The third-order valence-corrected chi connectivity index (χ3v) is 6.39. The van der Waals surface area contributed by atoms with E-state index in [0.717, 1.165) is 14.2 Å². The van der Waals surface area contributed by atoms with Crippen molar-refractivity contribution in [3.05, 3.63) is 30.3 Å². The van der Waals surface area contributed by atoms with Gasteiger partial charge in [-0.15, -0.1) is 0 Å². The molecule has 10 nitrogen and oxygen atoms in total. The molecule has 0 saturated carbocycles. The van der Waals surface area contributed by atoms with Crippen LogP contribution in [0.3, 0.4) is 0 Å². The monoisotopic (exact) mass is 362 g/mol. The van der Waals surface area contributed by atoms with Crippen molar-refractivity contribution in [1.82, 2.24) is 0 Å². The average molecular weight is 362 g/mol. The molecule has 2 atom stereocenters. The zero-order chi connectivity index (χ0) is 16.1. The van der Waals surface area contributed by atoms with E-state index < -0.39 is 23.5 Å². The number of benzene rings is 1. The van der Waals surface area contributed by atoms with Gasteiger partial charge in [0.25, 0.3) is 0 Å². The zero-order valence-corrected chi connectivity index (χ0v) is 13.6. The van der Waals surface area contributed by atoms with E-state index in [-0.39, 0.29) is 5.75 Å². The molecule has 0 aliphatic heterocycles. The maximum absolute atomic E-state index is 12.2. The van der Waals surface area contributed by atoms with Crippen molar-refractivity contribution >= 4 is 23.5 Å². The minimum atomic E-state index is -5.23. The summed E-state index contributed by atoms with van der Waals surface area (Å²) in [6.07, 6.45) is 0. The number of phosphoric acid groups is 3. The molecule has 1 rings (SSSR count). The van der Waals surface area contributed by atoms with E-state index in [0.29, 0.717) is 0 Å². The van der Waals surface area contributed by atoms with Crippen LogP contribution >= 0.6 is 23.5 Å². The van der Waals surface area contributed by atoms with Crippen molar-refractivity contribution in [3.63, 3.8) is 0 Å². The van der Waals surface area contributed by atoms with Gasteiger partial charge in [-0.2, -0.15) is 8.62 Å². The summed E-state index contributed by atoms with van der Waals surface area (Å²) in [5.74, 6) is 0.0431. The summed E-state index contributed by atoms with van der Waals surface area (Å²) in [6, 6.07) is 7.56. The molecule has 0 amide bonds. The predicted molar refractivity (Wildman–Crippen MR) is 70.5 cm³/mol. The molecule has 0 radical (unpaired) electrons. The summed E-state index contributed by atoms with van der Waals surface area (Å²) in [5.41, 5.74) is 0. The van der Waals surface area contributed by atoms with E-state index in [4.69, 9.17) is 14.3 Å². The van der Waals surface area contributed by atoms with Crippen molar-refractivity contribution in [2.24, 2.45) is 0 Å². The van der Waals surface area contributed by atoms with Gasteiger partial charge in [0, 0.05) is 14.2 Å². The Bertz CT molecular complexity index is 596. The highest BCUT2D eigenvalue weighted by atomic mass is 31.3. The Morgan fingerprint density at radius 1 is 0.857 bits per heavy atom. The van der Waals surface area contributed by atoms with E-state index in [2.05, 4.69) is 17.7 Å². The summed E-state index contributed by atoms with van der Waals surface area (Å²) >= 11 is 0. The van der Waals surface area contributed by atoms with Gasteiger partial charge in [-0.3, -0.25) is 9.05 Å². The Morgan fingerprint density at radius 3 is 1.81 bits per heavy atom. The van der Waals surface area contributed by atoms with Crippen LogP contribution in [-0.4, -0.2) is 24.0 Å². The van der Waals surface area contributed by atoms with E-state index >= 15 is 0 Å². The molecule has 21 heavy (non-hydrogen) atoms. The first kappa shape index (κ1) is 18.5. The van der Waals surface area contributed by atoms with Crippen molar-refractivity contribution in [2.75, 3.05) is 14.2 Å². The number of rotatable bonds is 8. The van der Waals surface area contributed by atoms with E-state index in [1.807, 2.05) is 0 Å². The number of hydrogen-bond acceptors (Lipinski definition) is 8. The first-order valence-electron chi connectivity index (χ1n) is 5.16. The minimum Gasteiger partial charge on any atom is -0.404 e. The van der Waals surface area contributed by atoms with Crippen LogP contribution in [0.1, 0.15) is 0 Å². The molecule has 1 aromatic carbocycles. The van der Waals surface area contributed by atoms with Gasteiger partial charge in [-0.05, 0) is 12.1 Å². The van der Waals surface area contributed by atoms with Crippen LogP contribution in [0.5, 0.6) is 5.75 Å². The highest BCUT2D eigenvalue weighted by Crippen LogP contribution is 2.69. The fraction of sp³-hybridized carbons (Fsp3) is 0.250. The molecule has 13 heteroatoms. The van der Waals surface area contributed by atoms with Crippen LogP contribution < -0.4 is 4.52 Å². The molecular weight excluding hydrogens is 349 g/mol. The Kier molecular flexibility index (Phi) is 6.31. The standard InChI is InChI=1S/C8H13O10P3/c1-14-20(12,16-8-6-4-3-5-7-8)18-21(13,15-2)17-19(9,10)11/h3-7H,1-2H3,(H2,9,10,11). The van der Waals surface area contributed by atoms with Crippen LogP contribution in [0, 0.1) is 0 Å². The van der Waals surface area contributed by atoms with E-state index in [9.17, 15) is 13.7 Å². The highest BCUT2D eigenvalue weighted by molar-refractivity contribution is 7.67. The number of hydrogen-bond donors (Lipinski definition) is 2. The molecule has 0 saturated heterocycles. The second kappa shape index (κ2) is 7.15. The first-order chi connectivity index (χ1) is 9.61. The average Bonchev–Trinajstić information content (AvgIpc) is 2.37. The Balaban J connectivity index is 2.96. The van der Waals surface area contributed by atoms with Gasteiger partial charge < -0.3 is 14.3 Å². The fourth-order valence-electron chi connectivity index (χ4n) is 1.03. The molecule has 1 aromatic rings. The topological polar surface area (TPSA) is 138 Å². The lowest BCUT2D eigenvalue weighted by Gasteiger charge is -2.21. The molecule has 0 fully saturated rings. The maximum atomic E-state index is 12.2. The van der Waals surface area contributed by atoms with Gasteiger partial charge in [0.2, 0.25) is 0 Å². The third-order valence-electron chi connectivity index (χ3n) is 1.81. The molecule has 0 aliphatic rings. The molecule has 0 spiro atoms. The lowest BCUT2D eigenvalue weighted by molar-refractivity contribution is 0.179. The lowest BCUT2D eigenvalue weighted by atomic mass is 10.3. The highest BCUT2D eigenvalue weighted by Gasteiger charge is 2.44. The van der Waals surface area contributed by atoms with Crippen molar-refractivity contribution in [2.45, 2.75) is 0 Å². The lowest BCUT2D eigenvalue weighted by Crippen LogP contribution is -2.02. The molecule has 2 unspecified atom stereocenters. The second-order valence-corrected chi connectivity index (χ2v) is 8.31. The Hall–Kier alpha value is -0.530. The normalized spacial score (nSPS) is 17.7. The van der Waals surface area contributed by atoms with Crippen LogP contribution in [0.2, 0.25) is 0 Å². The quantitative estimate of drug-likeness (QED) is 0.664. The molecule has 0 aliphatic carbocycles. The number of phosphoric ester groups is 1. The summed E-state index contributed by atoms with van der Waals surface area (Å²) in [7, 11) is -12.9. The minimum absolute atomic E-state index is 0.0431. The van der Waals surface area contributed by atoms with Gasteiger partial charge in [0.1, 0.15) is 5.75 Å². The van der Waals surface area contributed by atoms with Gasteiger partial charge in [-0.25, -0.2) is 13.7 Å². The molecule has 120 valence electrons. The predicted octanol–water partition coefficient (Wildman–Crippen LogP) is 2.70. The summed E-state index contributed by atoms with van der Waals surface area (Å²) < 4.78 is 56.6. The Morgan fingerprint density at radius 2 is 1.38 bits per heavy atom. The van der Waals surface area contributed by atoms with Gasteiger partial charge in [0.05, 0.1) is 0 Å². The first-order valence-corrected chi connectivity index (χ1v) is 9.61. The SMILES string of the molecule is COP(=O)(Oc1ccccc1)OP(=O)(OC)OP(=O)(O)O. The Labute approximate surface area is 120 Å². The van der Waals surface area contributed by atoms with Gasteiger partial charge in [0.15, 0.2) is 0 Å². The second-order valence-electron chi connectivity index (χ2n) is 3.32. The molecule has 0 heterocycles. The summed E-state index contributed by atoms with van der Waals surface area (Å²) in [5, 5.41) is 0. The third kappa shape index (κ3) is 6.40. The van der Waals surface area contributed by atoms with Crippen LogP contribution in [-0.2, 0) is 31.4 Å². The smallest absolute Gasteiger partial charge is 0.404 e. The largest absolute Gasteiger partial charge is 0.538 e. The van der Waals surface area contributed by atoms with Crippen LogP contribution in [0.15, 0.2) is 30.3 Å². The zero-order valence-electron chi connectivity index (χ0n) is 10.9. The molecular formula is C8H13O10P3. The summed E-state index contributed by atoms with van der Waals surface area (Å²) in [4.78, 5) is 17.3. The van der Waals surface area contributed by atoms with Crippen molar-refractivity contribution in [1.29, 1.82) is 0 Å². The van der Waals surface area contributed by atoms with Gasteiger partial charge >= 0.3 is 23.5 Å². The number of para-hydroxylation sites is 1. The van der Waals surface area contributed by atoms with Crippen molar-refractivity contribution < 1.29 is 45.7 Å². The molecule has 0 aromatic heterocycles. The van der Waals surface area contributed by atoms with Crippen LogP contribution in [0.4, 0.5) is 0 Å². The maximum Gasteiger partial charge on any atom is 0.538 e.